The average molecular weight is 1090 g/mol. The van der Waals surface area contributed by atoms with Crippen LogP contribution >= 0.6 is 0 Å². The minimum Gasteiger partial charge on any atom is 0.0620 e. The average Bonchev–Trinajstić information content (AvgIpc) is 4.11. The summed E-state index contributed by atoms with van der Waals surface area (Å²) >= 11 is 2.48. The number of rotatable bonds is 7. The molecule has 0 N–H and O–H groups in total. The molecular weight excluding hydrogens is 1050 g/mol. The zero-order chi connectivity index (χ0) is 47.5. The summed E-state index contributed by atoms with van der Waals surface area (Å²) in [5.41, 5.74) is 15.4. The first kappa shape index (κ1) is 41.6. The molecular formula is C64H43N5OPt-2. The first-order valence-corrected chi connectivity index (χ1v) is 25.1. The molecule has 14 aromatic rings. The number of pyridine rings is 1. The number of hydrogen-bond donors (Lipinski definition) is 0. The van der Waals surface area contributed by atoms with Crippen molar-refractivity contribution >= 4 is 70.9 Å². The van der Waals surface area contributed by atoms with Crippen LogP contribution in [0.2, 0.25) is 0 Å². The van der Waals surface area contributed by atoms with E-state index in [-0.39, 0.29) is 5.41 Å². The van der Waals surface area contributed by atoms with Crippen molar-refractivity contribution in [2.75, 3.05) is 0 Å². The van der Waals surface area contributed by atoms with Gasteiger partial charge in [-0.15, -0.1) is 0 Å². The van der Waals surface area contributed by atoms with Gasteiger partial charge < -0.3 is 4.40 Å². The van der Waals surface area contributed by atoms with Gasteiger partial charge in [-0.25, -0.2) is 0 Å². The Hall–Kier alpha value is -8.31. The second kappa shape index (κ2) is 15.9. The first-order valence-electron chi connectivity index (χ1n) is 24.0. The van der Waals surface area contributed by atoms with Crippen LogP contribution in [0.5, 0.6) is 11.5 Å². The molecule has 0 amide bonds. The Kier molecular flexibility index (Phi) is 9.30. The maximum absolute atomic E-state index is 6.84. The van der Waals surface area contributed by atoms with Crippen molar-refractivity contribution in [3.8, 4) is 50.9 Å². The van der Waals surface area contributed by atoms with E-state index in [0.717, 1.165) is 81.6 Å². The van der Waals surface area contributed by atoms with Gasteiger partial charge in [0.25, 0.3) is 0 Å². The fraction of sp³-hybridized carbons (Fsp3) is 0.0625. The second-order valence-corrected chi connectivity index (χ2v) is 20.4. The third kappa shape index (κ3) is 6.44. The maximum atomic E-state index is 6.84. The van der Waals surface area contributed by atoms with E-state index < -0.39 is 0 Å². The number of nitrogens with zero attached hydrogens (tertiary/aromatic N) is 5. The minimum absolute atomic E-state index is 0.0779. The van der Waals surface area contributed by atoms with E-state index in [9.17, 15) is 0 Å². The molecule has 0 radical (unpaired) electrons. The van der Waals surface area contributed by atoms with E-state index in [1.165, 1.54) is 38.1 Å². The molecule has 9 aromatic carbocycles. The van der Waals surface area contributed by atoms with Gasteiger partial charge in [0.1, 0.15) is 0 Å². The fourth-order valence-corrected chi connectivity index (χ4v) is 12.0. The van der Waals surface area contributed by atoms with Gasteiger partial charge in [0, 0.05) is 27.7 Å². The molecule has 0 saturated carbocycles. The van der Waals surface area contributed by atoms with Crippen LogP contribution in [0.4, 0.5) is 0 Å². The summed E-state index contributed by atoms with van der Waals surface area (Å²) in [6.07, 6.45) is 1.93. The number of hydrogen-bond acceptors (Lipinski definition) is 2. The van der Waals surface area contributed by atoms with Gasteiger partial charge in [0.05, 0.1) is 16.6 Å². The van der Waals surface area contributed by atoms with E-state index >= 15 is 0 Å². The molecule has 71 heavy (non-hydrogen) atoms. The Labute approximate surface area is 420 Å². The van der Waals surface area contributed by atoms with Crippen LogP contribution in [0.15, 0.2) is 206 Å². The molecule has 0 aliphatic rings. The Morgan fingerprint density at radius 1 is 0.465 bits per heavy atom. The molecule has 0 spiro atoms. The molecule has 0 bridgehead atoms. The van der Waals surface area contributed by atoms with E-state index in [4.69, 9.17) is 9.72 Å². The third-order valence-corrected chi connectivity index (χ3v) is 15.2. The van der Waals surface area contributed by atoms with Crippen LogP contribution in [-0.2, 0) is 24.8 Å². The van der Waals surface area contributed by atoms with Gasteiger partial charge in [-0.2, -0.15) is 0 Å². The van der Waals surface area contributed by atoms with Crippen molar-refractivity contribution in [3.05, 3.63) is 228 Å². The van der Waals surface area contributed by atoms with Crippen LogP contribution < -0.4 is 4.74 Å². The van der Waals surface area contributed by atoms with Crippen molar-refractivity contribution in [2.45, 2.75) is 26.2 Å². The van der Waals surface area contributed by atoms with E-state index in [1.54, 1.807) is 0 Å². The van der Waals surface area contributed by atoms with E-state index in [1.807, 2.05) is 24.4 Å². The molecule has 0 aliphatic heterocycles. The molecule has 0 fully saturated rings. The Morgan fingerprint density at radius 2 is 1.07 bits per heavy atom. The third-order valence-electron chi connectivity index (χ3n) is 14.2. The minimum atomic E-state index is -0.0779. The first-order chi connectivity index (χ1) is 34.8. The monoisotopic (exact) mass is 1090 g/mol. The number of aromatic nitrogens is 5. The molecule has 0 saturated heterocycles. The van der Waals surface area contributed by atoms with Crippen molar-refractivity contribution in [1.29, 1.82) is 0 Å². The normalized spacial score (nSPS) is 12.2. The Bertz CT molecular complexity index is 4440. The molecule has 342 valence electrons. The number of imidazole rings is 1. The molecule has 14 rings (SSSR count). The zero-order valence-electron chi connectivity index (χ0n) is 39.1. The molecule has 6 nitrogen and oxygen atoms in total. The van der Waals surface area contributed by atoms with Crippen LogP contribution in [-0.4, -0.2) is 23.1 Å². The predicted molar refractivity (Wildman–Crippen MR) is 286 cm³/mol. The number of ether oxygens (including phenoxy) is 1. The molecule has 7 heteroatoms. The Morgan fingerprint density at radius 3 is 1.80 bits per heavy atom. The van der Waals surface area contributed by atoms with Crippen molar-refractivity contribution in [1.82, 2.24) is 23.1 Å². The predicted octanol–water partition coefficient (Wildman–Crippen LogP) is 16.2. The summed E-state index contributed by atoms with van der Waals surface area (Å²) < 4.78 is 17.2. The summed E-state index contributed by atoms with van der Waals surface area (Å²) in [6.45, 7) is 6.74. The summed E-state index contributed by atoms with van der Waals surface area (Å²) in [7, 11) is 0. The standard InChI is InChI=1S/C64H43N5O.Pt/c1-64(2,3)43-33-34-65-61(35-43)68-58-37-46(31-32-50(58)53-38-54-52-27-16-26-51-49-23-10-11-28-55(49)69(63(51)52)60(54)39-59(53)68)70-45-22-14-21-44(36-45)66-40-67(57-30-13-12-29-56(57)66)62-47(41-17-6-4-7-18-41)24-15-25-48(62)42-19-8-5-9-20-42;/h4-35,38-39H,1-3H3;/q-2;. The summed E-state index contributed by atoms with van der Waals surface area (Å²) in [5, 5.41) is 7.21. The molecule has 5 aromatic heterocycles. The SMILES string of the molecule is CC(C)(C)c1ccnc(-n2c3[c-]c(Oc4[c-]c(-n5[c](=[Pt])n(-c6c(-c7ccccc7)cccc6-c6ccccc6)c6ccccc65)ccc4)ccc3c3cc4c5cccc6c7ccccc7n(c4cc32)c65)c1. The Balaban J connectivity index is 0.935. The number of fused-ring (bicyclic) bond motifs is 10. The summed E-state index contributed by atoms with van der Waals surface area (Å²) in [6, 6.07) is 78.8. The molecule has 0 aliphatic carbocycles. The molecule has 5 heterocycles. The quantitative estimate of drug-likeness (QED) is 0.149. The van der Waals surface area contributed by atoms with Crippen LogP contribution in [0.1, 0.15) is 26.3 Å². The van der Waals surface area contributed by atoms with Crippen LogP contribution in [0.25, 0.3) is 110 Å². The van der Waals surface area contributed by atoms with Gasteiger partial charge in [0.15, 0.2) is 0 Å². The van der Waals surface area contributed by atoms with E-state index in [2.05, 4.69) is 252 Å². The van der Waals surface area contributed by atoms with Gasteiger partial charge >= 0.3 is 294 Å². The summed E-state index contributed by atoms with van der Waals surface area (Å²) in [5.74, 6) is 2.01. The summed E-state index contributed by atoms with van der Waals surface area (Å²) in [4.78, 5) is 5.05. The van der Waals surface area contributed by atoms with Gasteiger partial charge in [-0.1, -0.05) is 57.2 Å². The van der Waals surface area contributed by atoms with Gasteiger partial charge in [-0.3, -0.25) is 0 Å². The van der Waals surface area contributed by atoms with Crippen LogP contribution in [0, 0.1) is 15.9 Å². The number of para-hydroxylation sites is 5. The fourth-order valence-electron chi connectivity index (χ4n) is 10.9. The van der Waals surface area contributed by atoms with Gasteiger partial charge in [0.2, 0.25) is 0 Å². The van der Waals surface area contributed by atoms with E-state index in [0.29, 0.717) is 11.5 Å². The van der Waals surface area contributed by atoms with Gasteiger partial charge in [-0.05, 0) is 23.1 Å². The van der Waals surface area contributed by atoms with Crippen LogP contribution in [0.3, 0.4) is 0 Å². The van der Waals surface area contributed by atoms with Crippen molar-refractivity contribution < 1.29 is 24.1 Å². The number of benzene rings is 9. The topological polar surface area (TPSA) is 41.3 Å². The smallest absolute Gasteiger partial charge is 0.0620 e. The second-order valence-electron chi connectivity index (χ2n) is 19.4. The molecule has 0 unspecified atom stereocenters. The van der Waals surface area contributed by atoms with Crippen molar-refractivity contribution in [2.24, 2.45) is 0 Å². The van der Waals surface area contributed by atoms with Crippen molar-refractivity contribution in [3.63, 3.8) is 0 Å². The molecule has 0 atom stereocenters. The zero-order valence-corrected chi connectivity index (χ0v) is 41.4.